The van der Waals surface area contributed by atoms with E-state index in [1.807, 2.05) is 0 Å². The first kappa shape index (κ1) is 13.2. The Morgan fingerprint density at radius 3 is 2.44 bits per heavy atom. The van der Waals surface area contributed by atoms with Gasteiger partial charge in [-0.25, -0.2) is 4.79 Å². The van der Waals surface area contributed by atoms with Gasteiger partial charge in [-0.1, -0.05) is 13.0 Å². The summed E-state index contributed by atoms with van der Waals surface area (Å²) in [5.74, 6) is -0.314. The maximum atomic E-state index is 11.5. The maximum Gasteiger partial charge on any atom is 0.333 e. The lowest BCUT2D eigenvalue weighted by atomic mass is 9.76. The van der Waals surface area contributed by atoms with Crippen LogP contribution in [0.25, 0.3) is 0 Å². The average molecular weight is 226 g/mol. The van der Waals surface area contributed by atoms with Gasteiger partial charge in [-0.2, -0.15) is 0 Å². The van der Waals surface area contributed by atoms with Crippen LogP contribution in [-0.2, 0) is 9.53 Å². The summed E-state index contributed by atoms with van der Waals surface area (Å²) in [6.45, 7) is 8.78. The number of esters is 1. The van der Waals surface area contributed by atoms with Crippen molar-refractivity contribution in [1.29, 1.82) is 0 Å². The number of ether oxygens (including phenoxy) is 1. The molecule has 1 aliphatic carbocycles. The number of carbonyl (C=O) groups excluding carboxylic acids is 1. The molecule has 0 aromatic heterocycles. The summed E-state index contributed by atoms with van der Waals surface area (Å²) in [6, 6.07) is 0. The fourth-order valence-electron chi connectivity index (χ4n) is 2.28. The van der Waals surface area contributed by atoms with E-state index in [1.54, 1.807) is 20.8 Å². The van der Waals surface area contributed by atoms with E-state index in [0.717, 1.165) is 25.7 Å². The van der Waals surface area contributed by atoms with E-state index in [0.29, 0.717) is 5.57 Å². The van der Waals surface area contributed by atoms with Crippen LogP contribution in [0.1, 0.15) is 46.5 Å². The Labute approximate surface area is 97.5 Å². The molecule has 0 heterocycles. The first-order chi connectivity index (χ1) is 7.32. The molecule has 0 amide bonds. The van der Waals surface area contributed by atoms with Crippen LogP contribution < -0.4 is 0 Å². The van der Waals surface area contributed by atoms with E-state index >= 15 is 0 Å². The summed E-state index contributed by atoms with van der Waals surface area (Å²) >= 11 is 0. The van der Waals surface area contributed by atoms with Crippen LogP contribution in [0.2, 0.25) is 0 Å². The second-order valence-electron chi connectivity index (χ2n) is 5.27. The predicted octanol–water partition coefficient (Wildman–Crippen LogP) is 2.44. The van der Waals surface area contributed by atoms with Gasteiger partial charge in [0, 0.05) is 11.5 Å². The summed E-state index contributed by atoms with van der Waals surface area (Å²) in [7, 11) is 0. The van der Waals surface area contributed by atoms with E-state index in [9.17, 15) is 9.90 Å². The van der Waals surface area contributed by atoms with E-state index in [2.05, 4.69) is 6.58 Å². The third kappa shape index (κ3) is 3.34. The summed E-state index contributed by atoms with van der Waals surface area (Å²) in [6.07, 6.45) is 3.74. The van der Waals surface area contributed by atoms with Crippen molar-refractivity contribution >= 4 is 5.97 Å². The molecule has 3 nitrogen and oxygen atoms in total. The molecule has 1 N–H and O–H groups in total. The standard InChI is InChI=1S/C13H22O3/c1-9(2)12(14)16-11-8-6-5-7-10(11)13(3,4)15/h10-11,15H,1,5-8H2,2-4H3. The van der Waals surface area contributed by atoms with Crippen LogP contribution in [0, 0.1) is 5.92 Å². The summed E-state index contributed by atoms with van der Waals surface area (Å²) in [5, 5.41) is 10.1. The Kier molecular flexibility index (Phi) is 4.14. The highest BCUT2D eigenvalue weighted by atomic mass is 16.5. The van der Waals surface area contributed by atoms with Gasteiger partial charge in [-0.15, -0.1) is 0 Å². The zero-order chi connectivity index (χ0) is 12.3. The zero-order valence-corrected chi connectivity index (χ0v) is 10.5. The Morgan fingerprint density at radius 2 is 1.94 bits per heavy atom. The van der Waals surface area contributed by atoms with Crippen molar-refractivity contribution < 1.29 is 14.6 Å². The van der Waals surface area contributed by atoms with Crippen molar-refractivity contribution in [3.63, 3.8) is 0 Å². The van der Waals surface area contributed by atoms with Crippen molar-refractivity contribution in [2.45, 2.75) is 58.2 Å². The lowest BCUT2D eigenvalue weighted by Crippen LogP contribution is -2.43. The van der Waals surface area contributed by atoms with Crippen LogP contribution in [0.5, 0.6) is 0 Å². The summed E-state index contributed by atoms with van der Waals surface area (Å²) < 4.78 is 5.39. The van der Waals surface area contributed by atoms with Crippen LogP contribution >= 0.6 is 0 Å². The van der Waals surface area contributed by atoms with Crippen molar-refractivity contribution in [2.24, 2.45) is 5.92 Å². The highest BCUT2D eigenvalue weighted by Crippen LogP contribution is 2.34. The van der Waals surface area contributed by atoms with E-state index in [1.165, 1.54) is 0 Å². The SMILES string of the molecule is C=C(C)C(=O)OC1CCCCC1C(C)(C)O. The molecular weight excluding hydrogens is 204 g/mol. The fourth-order valence-corrected chi connectivity index (χ4v) is 2.28. The van der Waals surface area contributed by atoms with Gasteiger partial charge < -0.3 is 9.84 Å². The molecule has 1 fully saturated rings. The van der Waals surface area contributed by atoms with Gasteiger partial charge in [0.25, 0.3) is 0 Å². The lowest BCUT2D eigenvalue weighted by molar-refractivity contribution is -0.155. The molecule has 1 aliphatic rings. The topological polar surface area (TPSA) is 46.5 Å². The summed E-state index contributed by atoms with van der Waals surface area (Å²) in [4.78, 5) is 11.5. The van der Waals surface area contributed by atoms with Crippen molar-refractivity contribution in [3.8, 4) is 0 Å². The molecule has 0 spiro atoms. The molecule has 0 aromatic carbocycles. The van der Waals surface area contributed by atoms with Crippen molar-refractivity contribution in [1.82, 2.24) is 0 Å². The molecule has 16 heavy (non-hydrogen) atoms. The van der Waals surface area contributed by atoms with Gasteiger partial charge >= 0.3 is 5.97 Å². The van der Waals surface area contributed by atoms with E-state index in [-0.39, 0.29) is 18.0 Å². The number of aliphatic hydroxyl groups is 1. The second kappa shape index (κ2) is 5.00. The molecule has 0 bridgehead atoms. The molecule has 2 unspecified atom stereocenters. The predicted molar refractivity (Wildman–Crippen MR) is 62.9 cm³/mol. The van der Waals surface area contributed by atoms with Crippen LogP contribution in [0.15, 0.2) is 12.2 Å². The minimum Gasteiger partial charge on any atom is -0.459 e. The number of carbonyl (C=O) groups is 1. The first-order valence-corrected chi connectivity index (χ1v) is 5.91. The quantitative estimate of drug-likeness (QED) is 0.594. The minimum atomic E-state index is -0.791. The Bertz CT molecular complexity index is 275. The van der Waals surface area contributed by atoms with Crippen molar-refractivity contribution in [3.05, 3.63) is 12.2 Å². The zero-order valence-electron chi connectivity index (χ0n) is 10.5. The van der Waals surface area contributed by atoms with Crippen LogP contribution in [0.3, 0.4) is 0 Å². The molecule has 1 rings (SSSR count). The number of rotatable bonds is 3. The molecule has 92 valence electrons. The Morgan fingerprint density at radius 1 is 1.38 bits per heavy atom. The molecular formula is C13H22O3. The third-order valence-corrected chi connectivity index (χ3v) is 3.22. The highest BCUT2D eigenvalue weighted by molar-refractivity contribution is 5.87. The molecule has 0 aromatic rings. The lowest BCUT2D eigenvalue weighted by Gasteiger charge is -2.38. The van der Waals surface area contributed by atoms with E-state index in [4.69, 9.17) is 4.74 Å². The van der Waals surface area contributed by atoms with Crippen LogP contribution in [0.4, 0.5) is 0 Å². The summed E-state index contributed by atoms with van der Waals surface area (Å²) in [5.41, 5.74) is -0.374. The molecule has 3 heteroatoms. The van der Waals surface area contributed by atoms with Gasteiger partial charge in [0.2, 0.25) is 0 Å². The van der Waals surface area contributed by atoms with Gasteiger partial charge in [0.05, 0.1) is 5.60 Å². The average Bonchev–Trinajstić information content (AvgIpc) is 2.16. The third-order valence-electron chi connectivity index (χ3n) is 3.22. The minimum absolute atomic E-state index is 0.0320. The Balaban J connectivity index is 2.68. The van der Waals surface area contributed by atoms with Gasteiger partial charge in [0.15, 0.2) is 0 Å². The maximum absolute atomic E-state index is 11.5. The number of hydrogen-bond donors (Lipinski definition) is 1. The van der Waals surface area contributed by atoms with E-state index < -0.39 is 5.60 Å². The Hall–Kier alpha value is -0.830. The van der Waals surface area contributed by atoms with Crippen LogP contribution in [-0.4, -0.2) is 22.8 Å². The smallest absolute Gasteiger partial charge is 0.333 e. The largest absolute Gasteiger partial charge is 0.459 e. The highest BCUT2D eigenvalue weighted by Gasteiger charge is 2.38. The second-order valence-corrected chi connectivity index (χ2v) is 5.27. The molecule has 2 atom stereocenters. The fraction of sp³-hybridized carbons (Fsp3) is 0.769. The van der Waals surface area contributed by atoms with Gasteiger partial charge in [0.1, 0.15) is 6.10 Å². The number of hydrogen-bond acceptors (Lipinski definition) is 3. The first-order valence-electron chi connectivity index (χ1n) is 5.91. The molecule has 0 saturated heterocycles. The van der Waals surface area contributed by atoms with Crippen molar-refractivity contribution in [2.75, 3.05) is 0 Å². The molecule has 0 aliphatic heterocycles. The molecule has 0 radical (unpaired) electrons. The molecule has 1 saturated carbocycles. The monoisotopic (exact) mass is 226 g/mol. The van der Waals surface area contributed by atoms with Gasteiger partial charge in [-0.3, -0.25) is 0 Å². The normalized spacial score (nSPS) is 26.2. The van der Waals surface area contributed by atoms with Gasteiger partial charge in [-0.05, 0) is 40.0 Å².